The molecule has 0 aliphatic carbocycles. The summed E-state index contributed by atoms with van der Waals surface area (Å²) in [6, 6.07) is 5.71. The summed E-state index contributed by atoms with van der Waals surface area (Å²) in [5.74, 6) is -1.35. The van der Waals surface area contributed by atoms with E-state index in [4.69, 9.17) is 5.26 Å². The molecule has 0 saturated heterocycles. The second-order valence-electron chi connectivity index (χ2n) is 5.07. The van der Waals surface area contributed by atoms with Gasteiger partial charge in [-0.3, -0.25) is 14.2 Å². The van der Waals surface area contributed by atoms with Gasteiger partial charge in [0.1, 0.15) is 18.7 Å². The third kappa shape index (κ3) is 2.42. The fourth-order valence-electron chi connectivity index (χ4n) is 2.52. The molecule has 2 amide bonds. The fraction of sp³-hybridized carbons (Fsp3) is 0.200. The van der Waals surface area contributed by atoms with Gasteiger partial charge >= 0.3 is 0 Å². The molecule has 8 heteroatoms. The number of fused-ring (bicyclic) bond motifs is 3. The van der Waals surface area contributed by atoms with Crippen LogP contribution in [0.1, 0.15) is 26.5 Å². The van der Waals surface area contributed by atoms with E-state index in [0.29, 0.717) is 11.4 Å². The minimum atomic E-state index is -0.513. The Labute approximate surface area is 131 Å². The summed E-state index contributed by atoms with van der Waals surface area (Å²) in [5.41, 5.74) is 1.30. The first-order valence-corrected chi connectivity index (χ1v) is 6.79. The monoisotopic (exact) mass is 313 g/mol. The van der Waals surface area contributed by atoms with Gasteiger partial charge in [0, 0.05) is 7.05 Å². The number of rotatable bonds is 2. The van der Waals surface area contributed by atoms with E-state index in [1.165, 1.54) is 29.4 Å². The van der Waals surface area contributed by atoms with Crippen molar-refractivity contribution in [3.63, 3.8) is 0 Å². The third-order valence-electron chi connectivity index (χ3n) is 3.59. The van der Waals surface area contributed by atoms with Crippen molar-refractivity contribution in [3.8, 4) is 11.8 Å². The van der Waals surface area contributed by atoms with Crippen LogP contribution in [0.15, 0.2) is 24.5 Å². The molecule has 1 aliphatic heterocycles. The number of imidazole rings is 1. The van der Waals surface area contributed by atoms with Gasteiger partial charge in [-0.1, -0.05) is 0 Å². The number of hydrogen-bond donors (Lipinski definition) is 1. The number of amides is 2. The topological polar surface area (TPSA) is 91.0 Å². The van der Waals surface area contributed by atoms with Gasteiger partial charge in [-0.15, -0.1) is 0 Å². The summed E-state index contributed by atoms with van der Waals surface area (Å²) in [6.07, 6.45) is 1.42. The van der Waals surface area contributed by atoms with Crippen molar-refractivity contribution >= 4 is 11.8 Å². The highest BCUT2D eigenvalue weighted by Crippen LogP contribution is 2.26. The molecule has 1 aliphatic rings. The largest absolute Gasteiger partial charge is 0.338 e. The lowest BCUT2D eigenvalue weighted by molar-refractivity contribution is 0.0784. The maximum Gasteiger partial charge on any atom is 0.272 e. The molecule has 0 bridgehead atoms. The van der Waals surface area contributed by atoms with E-state index >= 15 is 0 Å². The Bertz CT molecular complexity index is 852. The van der Waals surface area contributed by atoms with Crippen molar-refractivity contribution in [2.75, 3.05) is 13.6 Å². The summed E-state index contributed by atoms with van der Waals surface area (Å²) >= 11 is 0. The fourth-order valence-corrected chi connectivity index (χ4v) is 2.52. The van der Waals surface area contributed by atoms with E-state index in [0.717, 1.165) is 0 Å². The standard InChI is InChI=1S/C15H12FN5O2/c1-20-7-12-13(14(22)18-5-4-17)19-8-21(12)11-3-2-9(16)6-10(11)15(20)23/h2-3,6,8H,5,7H2,1H3,(H,18,22). The van der Waals surface area contributed by atoms with Crippen LogP contribution in [0.3, 0.4) is 0 Å². The Morgan fingerprint density at radius 2 is 2.30 bits per heavy atom. The zero-order valence-electron chi connectivity index (χ0n) is 12.2. The number of halogens is 1. The molecule has 0 radical (unpaired) electrons. The molecule has 1 N–H and O–H groups in total. The third-order valence-corrected chi connectivity index (χ3v) is 3.59. The number of nitrogens with one attached hydrogen (secondary N) is 1. The van der Waals surface area contributed by atoms with E-state index in [1.54, 1.807) is 11.6 Å². The average molecular weight is 313 g/mol. The first-order chi connectivity index (χ1) is 11.0. The number of hydrogen-bond acceptors (Lipinski definition) is 4. The molecule has 1 aromatic heterocycles. The van der Waals surface area contributed by atoms with Crippen molar-refractivity contribution in [1.29, 1.82) is 5.26 Å². The molecule has 0 saturated carbocycles. The molecule has 0 spiro atoms. The zero-order valence-corrected chi connectivity index (χ0v) is 12.2. The minimum absolute atomic E-state index is 0.136. The highest BCUT2D eigenvalue weighted by Gasteiger charge is 2.28. The number of nitriles is 1. The first-order valence-electron chi connectivity index (χ1n) is 6.79. The number of benzene rings is 1. The van der Waals surface area contributed by atoms with Crippen molar-refractivity contribution in [2.45, 2.75) is 6.54 Å². The molecular weight excluding hydrogens is 301 g/mol. The maximum absolute atomic E-state index is 13.5. The van der Waals surface area contributed by atoms with Gasteiger partial charge < -0.3 is 10.2 Å². The summed E-state index contributed by atoms with van der Waals surface area (Å²) in [4.78, 5) is 30.0. The van der Waals surface area contributed by atoms with Crippen molar-refractivity contribution in [2.24, 2.45) is 0 Å². The predicted octanol–water partition coefficient (Wildman–Crippen LogP) is 0.850. The first kappa shape index (κ1) is 14.7. The summed E-state index contributed by atoms with van der Waals surface area (Å²) < 4.78 is 15.1. The zero-order chi connectivity index (χ0) is 16.6. The summed E-state index contributed by atoms with van der Waals surface area (Å²) in [6.45, 7) is 0.00609. The molecule has 2 aromatic rings. The highest BCUT2D eigenvalue weighted by atomic mass is 19.1. The molecule has 116 valence electrons. The van der Waals surface area contributed by atoms with E-state index in [-0.39, 0.29) is 30.3 Å². The second kappa shape index (κ2) is 5.53. The van der Waals surface area contributed by atoms with E-state index in [2.05, 4.69) is 10.3 Å². The van der Waals surface area contributed by atoms with Gasteiger partial charge in [0.05, 0.1) is 29.6 Å². The highest BCUT2D eigenvalue weighted by molar-refractivity contribution is 5.99. The molecule has 1 aromatic carbocycles. The summed E-state index contributed by atoms with van der Waals surface area (Å²) in [7, 11) is 1.57. The number of carbonyl (C=O) groups excluding carboxylic acids is 2. The van der Waals surface area contributed by atoms with Crippen LogP contribution < -0.4 is 5.32 Å². The minimum Gasteiger partial charge on any atom is -0.338 e. The Kier molecular flexibility index (Phi) is 3.54. The average Bonchev–Trinajstić information content (AvgIpc) is 2.91. The SMILES string of the molecule is CN1Cc2c(C(=O)NCC#N)ncn2-c2ccc(F)cc2C1=O. The van der Waals surface area contributed by atoms with Gasteiger partial charge in [-0.05, 0) is 18.2 Å². The van der Waals surface area contributed by atoms with Crippen LogP contribution in [0.25, 0.3) is 5.69 Å². The van der Waals surface area contributed by atoms with Crippen molar-refractivity contribution in [1.82, 2.24) is 19.8 Å². The molecular formula is C15H12FN5O2. The maximum atomic E-state index is 13.5. The van der Waals surface area contributed by atoms with Crippen LogP contribution in [0, 0.1) is 17.1 Å². The number of aromatic nitrogens is 2. The van der Waals surface area contributed by atoms with Crippen molar-refractivity contribution in [3.05, 3.63) is 47.3 Å². The van der Waals surface area contributed by atoms with E-state index in [9.17, 15) is 14.0 Å². The molecule has 3 rings (SSSR count). The molecule has 7 nitrogen and oxygen atoms in total. The van der Waals surface area contributed by atoms with E-state index in [1.807, 2.05) is 6.07 Å². The second-order valence-corrected chi connectivity index (χ2v) is 5.07. The van der Waals surface area contributed by atoms with Crippen LogP contribution >= 0.6 is 0 Å². The van der Waals surface area contributed by atoms with Gasteiger partial charge in [0.15, 0.2) is 5.69 Å². The summed E-state index contributed by atoms with van der Waals surface area (Å²) in [5, 5.41) is 11.0. The molecule has 0 unspecified atom stereocenters. The quantitative estimate of drug-likeness (QED) is 0.832. The number of nitrogens with zero attached hydrogens (tertiary/aromatic N) is 4. The van der Waals surface area contributed by atoms with Gasteiger partial charge in [-0.2, -0.15) is 5.26 Å². The van der Waals surface area contributed by atoms with Crippen LogP contribution in [-0.2, 0) is 6.54 Å². The molecule has 23 heavy (non-hydrogen) atoms. The molecule has 2 heterocycles. The van der Waals surface area contributed by atoms with Crippen LogP contribution in [-0.4, -0.2) is 39.9 Å². The number of carbonyl (C=O) groups is 2. The van der Waals surface area contributed by atoms with Gasteiger partial charge in [0.25, 0.3) is 11.8 Å². The van der Waals surface area contributed by atoms with Crippen LogP contribution in [0.4, 0.5) is 4.39 Å². The van der Waals surface area contributed by atoms with Crippen LogP contribution in [0.2, 0.25) is 0 Å². The molecule has 0 fully saturated rings. The lowest BCUT2D eigenvalue weighted by atomic mass is 10.1. The van der Waals surface area contributed by atoms with Gasteiger partial charge in [-0.25, -0.2) is 9.37 Å². The Hall–Kier alpha value is -3.21. The predicted molar refractivity (Wildman–Crippen MR) is 77.3 cm³/mol. The van der Waals surface area contributed by atoms with E-state index < -0.39 is 11.7 Å². The lowest BCUT2D eigenvalue weighted by Gasteiger charge is -2.14. The van der Waals surface area contributed by atoms with Crippen LogP contribution in [0.5, 0.6) is 0 Å². The molecule has 0 atom stereocenters. The Balaban J connectivity index is 2.14. The Morgan fingerprint density at radius 1 is 1.52 bits per heavy atom. The normalized spacial score (nSPS) is 12.9. The Morgan fingerprint density at radius 3 is 3.04 bits per heavy atom. The van der Waals surface area contributed by atoms with Gasteiger partial charge in [0.2, 0.25) is 0 Å². The van der Waals surface area contributed by atoms with Crippen molar-refractivity contribution < 1.29 is 14.0 Å². The lowest BCUT2D eigenvalue weighted by Crippen LogP contribution is -2.28. The smallest absolute Gasteiger partial charge is 0.272 e.